The Morgan fingerprint density at radius 1 is 0.952 bits per heavy atom. The average Bonchev–Trinajstić information content (AvgIpc) is 2.41. The van der Waals surface area contributed by atoms with E-state index in [1.165, 1.54) is 22.3 Å². The van der Waals surface area contributed by atoms with Gasteiger partial charge in [0.15, 0.2) is 0 Å². The monoisotopic (exact) mass is 321 g/mol. The summed E-state index contributed by atoms with van der Waals surface area (Å²) in [5.74, 6) is 0. The molecule has 112 valence electrons. The van der Waals surface area contributed by atoms with E-state index in [1.807, 2.05) is 18.2 Å². The minimum absolute atomic E-state index is 0.283. The maximum atomic E-state index is 6.12. The number of nitrogens with one attached hydrogen (secondary N) is 1. The van der Waals surface area contributed by atoms with Gasteiger partial charge in [0.05, 0.1) is 10.0 Å². The molecule has 0 spiro atoms. The lowest BCUT2D eigenvalue weighted by molar-refractivity contribution is 0.549. The van der Waals surface area contributed by atoms with Crippen LogP contribution in [0.25, 0.3) is 0 Å². The summed E-state index contributed by atoms with van der Waals surface area (Å²) in [5, 5.41) is 4.78. The van der Waals surface area contributed by atoms with Gasteiger partial charge in [-0.1, -0.05) is 65.5 Å². The van der Waals surface area contributed by atoms with Crippen LogP contribution in [0.3, 0.4) is 0 Å². The van der Waals surface area contributed by atoms with E-state index in [1.54, 1.807) is 0 Å². The van der Waals surface area contributed by atoms with E-state index >= 15 is 0 Å². The molecule has 0 aliphatic heterocycles. The normalized spacial score (nSPS) is 12.4. The van der Waals surface area contributed by atoms with Gasteiger partial charge in [0.2, 0.25) is 0 Å². The predicted octanol–water partition coefficient (Wildman–Crippen LogP) is 5.50. The molecule has 2 aromatic carbocycles. The summed E-state index contributed by atoms with van der Waals surface area (Å²) in [4.78, 5) is 0. The van der Waals surface area contributed by atoms with Crippen LogP contribution in [-0.2, 0) is 6.42 Å². The minimum atomic E-state index is 0.283. The topological polar surface area (TPSA) is 12.0 Å². The Hall–Kier alpha value is -1.02. The van der Waals surface area contributed by atoms with Crippen LogP contribution in [-0.4, -0.2) is 6.54 Å². The molecular formula is C18H21Cl2N. The molecule has 0 bridgehead atoms. The number of hydrogen-bond donors (Lipinski definition) is 1. The highest BCUT2D eigenvalue weighted by Gasteiger charge is 2.13. The van der Waals surface area contributed by atoms with Crippen molar-refractivity contribution in [2.24, 2.45) is 0 Å². The van der Waals surface area contributed by atoms with Crippen molar-refractivity contribution in [3.63, 3.8) is 0 Å². The van der Waals surface area contributed by atoms with E-state index in [9.17, 15) is 0 Å². The van der Waals surface area contributed by atoms with Crippen LogP contribution in [0.5, 0.6) is 0 Å². The maximum absolute atomic E-state index is 6.12. The molecule has 2 rings (SSSR count). The first-order valence-corrected chi connectivity index (χ1v) is 8.00. The highest BCUT2D eigenvalue weighted by molar-refractivity contribution is 6.42. The van der Waals surface area contributed by atoms with Crippen molar-refractivity contribution in [1.82, 2.24) is 5.32 Å². The smallest absolute Gasteiger partial charge is 0.0595 e. The van der Waals surface area contributed by atoms with Crippen molar-refractivity contribution < 1.29 is 0 Å². The number of likely N-dealkylation sites (N-methyl/N-ethyl adjacent to an activating group) is 1. The van der Waals surface area contributed by atoms with Gasteiger partial charge in [-0.25, -0.2) is 0 Å². The van der Waals surface area contributed by atoms with Crippen LogP contribution < -0.4 is 5.32 Å². The van der Waals surface area contributed by atoms with Crippen LogP contribution in [0.1, 0.15) is 35.2 Å². The van der Waals surface area contributed by atoms with Crippen molar-refractivity contribution in [3.05, 3.63) is 68.7 Å². The number of benzene rings is 2. The predicted molar refractivity (Wildman–Crippen MR) is 92.5 cm³/mol. The standard InChI is InChI=1S/C18H21Cl2N/c1-4-21-18(15-8-12(2)7-13(3)9-15)11-14-5-6-16(19)17(20)10-14/h5-10,18,21H,4,11H2,1-3H3. The van der Waals surface area contributed by atoms with Gasteiger partial charge < -0.3 is 5.32 Å². The number of hydrogen-bond acceptors (Lipinski definition) is 1. The summed E-state index contributed by atoms with van der Waals surface area (Å²) in [6.07, 6.45) is 0.896. The Morgan fingerprint density at radius 2 is 1.62 bits per heavy atom. The summed E-state index contributed by atoms with van der Waals surface area (Å²) in [6.45, 7) is 7.33. The average molecular weight is 322 g/mol. The van der Waals surface area contributed by atoms with Gasteiger partial charge in [-0.15, -0.1) is 0 Å². The van der Waals surface area contributed by atoms with E-state index in [0.29, 0.717) is 10.0 Å². The van der Waals surface area contributed by atoms with Crippen molar-refractivity contribution in [1.29, 1.82) is 0 Å². The van der Waals surface area contributed by atoms with Crippen molar-refractivity contribution in [2.75, 3.05) is 6.54 Å². The SMILES string of the molecule is CCNC(Cc1ccc(Cl)c(Cl)c1)c1cc(C)cc(C)c1. The number of aryl methyl sites for hydroxylation is 2. The number of halogens is 2. The zero-order valence-electron chi connectivity index (χ0n) is 12.7. The highest BCUT2D eigenvalue weighted by atomic mass is 35.5. The first-order valence-electron chi connectivity index (χ1n) is 7.25. The van der Waals surface area contributed by atoms with E-state index in [4.69, 9.17) is 23.2 Å². The van der Waals surface area contributed by atoms with Crippen LogP contribution in [0.2, 0.25) is 10.0 Å². The van der Waals surface area contributed by atoms with Crippen LogP contribution in [0.15, 0.2) is 36.4 Å². The molecule has 0 amide bonds. The second-order valence-corrected chi connectivity index (χ2v) is 6.30. The van der Waals surface area contributed by atoms with Crippen LogP contribution in [0, 0.1) is 13.8 Å². The Kier molecular flexibility index (Phi) is 5.69. The Bertz CT molecular complexity index is 602. The lowest BCUT2D eigenvalue weighted by Gasteiger charge is -2.20. The van der Waals surface area contributed by atoms with E-state index in [2.05, 4.69) is 44.3 Å². The molecule has 1 N–H and O–H groups in total. The third-order valence-electron chi connectivity index (χ3n) is 3.52. The van der Waals surface area contributed by atoms with Gasteiger partial charge in [0.25, 0.3) is 0 Å². The molecule has 0 fully saturated rings. The molecule has 0 aliphatic carbocycles. The molecule has 3 heteroatoms. The molecule has 1 nitrogen and oxygen atoms in total. The molecule has 0 saturated heterocycles. The molecule has 0 heterocycles. The summed E-state index contributed by atoms with van der Waals surface area (Å²) in [7, 11) is 0. The fourth-order valence-corrected chi connectivity index (χ4v) is 2.99. The van der Waals surface area contributed by atoms with E-state index < -0.39 is 0 Å². The zero-order chi connectivity index (χ0) is 15.4. The minimum Gasteiger partial charge on any atom is -0.310 e. The summed E-state index contributed by atoms with van der Waals surface area (Å²) >= 11 is 12.1. The van der Waals surface area contributed by atoms with Crippen LogP contribution >= 0.6 is 23.2 Å². The molecule has 0 aliphatic rings. The fraction of sp³-hybridized carbons (Fsp3) is 0.333. The molecule has 0 radical (unpaired) electrons. The molecule has 21 heavy (non-hydrogen) atoms. The van der Waals surface area contributed by atoms with Gasteiger partial charge in [-0.05, 0) is 50.1 Å². The van der Waals surface area contributed by atoms with Gasteiger partial charge in [-0.3, -0.25) is 0 Å². The van der Waals surface area contributed by atoms with E-state index in [0.717, 1.165) is 13.0 Å². The second-order valence-electron chi connectivity index (χ2n) is 5.48. The third-order valence-corrected chi connectivity index (χ3v) is 4.26. The molecule has 2 aromatic rings. The van der Waals surface area contributed by atoms with Crippen molar-refractivity contribution in [3.8, 4) is 0 Å². The summed E-state index contributed by atoms with van der Waals surface area (Å²) < 4.78 is 0. The molecule has 1 atom stereocenters. The second kappa shape index (κ2) is 7.31. The molecule has 0 aromatic heterocycles. The summed E-state index contributed by atoms with van der Waals surface area (Å²) in [6, 6.07) is 12.8. The van der Waals surface area contributed by atoms with Crippen molar-refractivity contribution >= 4 is 23.2 Å². The quantitative estimate of drug-likeness (QED) is 0.766. The highest BCUT2D eigenvalue weighted by Crippen LogP contribution is 2.26. The Morgan fingerprint density at radius 3 is 2.19 bits per heavy atom. The largest absolute Gasteiger partial charge is 0.310 e. The Balaban J connectivity index is 2.27. The first kappa shape index (κ1) is 16.4. The number of rotatable bonds is 5. The van der Waals surface area contributed by atoms with Gasteiger partial charge in [0.1, 0.15) is 0 Å². The Labute approximate surface area is 137 Å². The van der Waals surface area contributed by atoms with Gasteiger partial charge in [0, 0.05) is 6.04 Å². The van der Waals surface area contributed by atoms with Crippen molar-refractivity contribution in [2.45, 2.75) is 33.2 Å². The lowest BCUT2D eigenvalue weighted by Crippen LogP contribution is -2.23. The fourth-order valence-electron chi connectivity index (χ4n) is 2.67. The van der Waals surface area contributed by atoms with Gasteiger partial charge in [-0.2, -0.15) is 0 Å². The molecular weight excluding hydrogens is 301 g/mol. The first-order chi connectivity index (χ1) is 9.99. The molecule has 0 saturated carbocycles. The third kappa shape index (κ3) is 4.47. The summed E-state index contributed by atoms with van der Waals surface area (Å²) in [5.41, 5.74) is 5.10. The zero-order valence-corrected chi connectivity index (χ0v) is 14.2. The van der Waals surface area contributed by atoms with Gasteiger partial charge >= 0.3 is 0 Å². The van der Waals surface area contributed by atoms with E-state index in [-0.39, 0.29) is 6.04 Å². The maximum Gasteiger partial charge on any atom is 0.0595 e. The van der Waals surface area contributed by atoms with Crippen LogP contribution in [0.4, 0.5) is 0 Å². The molecule has 1 unspecified atom stereocenters. The lowest BCUT2D eigenvalue weighted by atomic mass is 9.96.